The lowest BCUT2D eigenvalue weighted by Gasteiger charge is -2.09. The van der Waals surface area contributed by atoms with Crippen molar-refractivity contribution in [2.75, 3.05) is 12.4 Å². The van der Waals surface area contributed by atoms with Crippen LogP contribution in [0.5, 0.6) is 5.75 Å². The largest absolute Gasteiger partial charge is 0.497 e. The molecule has 0 radical (unpaired) electrons. The second kappa shape index (κ2) is 6.10. The van der Waals surface area contributed by atoms with Crippen molar-refractivity contribution in [3.8, 4) is 22.8 Å². The molecule has 1 N–H and O–H groups in total. The van der Waals surface area contributed by atoms with Crippen molar-refractivity contribution in [1.82, 2.24) is 19.5 Å². The van der Waals surface area contributed by atoms with E-state index in [-0.39, 0.29) is 0 Å². The highest BCUT2D eigenvalue weighted by Crippen LogP contribution is 2.31. The molecular formula is C19H17N5OS. The predicted octanol–water partition coefficient (Wildman–Crippen LogP) is 4.13. The number of hydrogen-bond acceptors (Lipinski definition) is 6. The number of fused-ring (bicyclic) bond motifs is 1. The summed E-state index contributed by atoms with van der Waals surface area (Å²) in [7, 11) is 1.66. The first-order chi connectivity index (χ1) is 12.8. The fourth-order valence-corrected chi connectivity index (χ4v) is 3.50. The molecule has 5 rings (SSSR count). The Hall–Kier alpha value is -2.93. The molecule has 6 nitrogen and oxygen atoms in total. The fourth-order valence-electron chi connectivity index (χ4n) is 2.87. The predicted molar refractivity (Wildman–Crippen MR) is 103 cm³/mol. The van der Waals surface area contributed by atoms with Crippen LogP contribution >= 0.6 is 11.3 Å². The quantitative estimate of drug-likeness (QED) is 0.578. The lowest BCUT2D eigenvalue weighted by Crippen LogP contribution is -2.06. The molecule has 0 unspecified atom stereocenters. The van der Waals surface area contributed by atoms with Crippen molar-refractivity contribution in [1.29, 1.82) is 0 Å². The number of thiophene rings is 1. The second-order valence-electron chi connectivity index (χ2n) is 6.31. The SMILES string of the molecule is COc1ccc(-c2nc(NC3CC3)c3ncn(-c4ccsc4)c3n2)cc1. The number of rotatable bonds is 5. The van der Waals surface area contributed by atoms with Crippen LogP contribution in [0.4, 0.5) is 5.82 Å². The van der Waals surface area contributed by atoms with Gasteiger partial charge in [0.25, 0.3) is 0 Å². The van der Waals surface area contributed by atoms with E-state index in [1.165, 1.54) is 12.8 Å². The highest BCUT2D eigenvalue weighted by molar-refractivity contribution is 7.08. The van der Waals surface area contributed by atoms with E-state index in [0.717, 1.165) is 34.0 Å². The maximum Gasteiger partial charge on any atom is 0.170 e. The van der Waals surface area contributed by atoms with Crippen LogP contribution in [-0.2, 0) is 0 Å². The summed E-state index contributed by atoms with van der Waals surface area (Å²) in [5.41, 5.74) is 3.63. The average molecular weight is 363 g/mol. The van der Waals surface area contributed by atoms with E-state index in [1.54, 1.807) is 18.4 Å². The van der Waals surface area contributed by atoms with Crippen molar-refractivity contribution < 1.29 is 4.74 Å². The Bertz CT molecular complexity index is 1050. The number of anilines is 1. The summed E-state index contributed by atoms with van der Waals surface area (Å²) >= 11 is 1.65. The number of nitrogens with one attached hydrogen (secondary N) is 1. The number of methoxy groups -OCH3 is 1. The van der Waals surface area contributed by atoms with Gasteiger partial charge < -0.3 is 10.1 Å². The third-order valence-electron chi connectivity index (χ3n) is 4.45. The molecule has 3 aromatic heterocycles. The molecule has 0 atom stereocenters. The molecule has 1 aliphatic carbocycles. The molecule has 0 amide bonds. The Balaban J connectivity index is 1.68. The van der Waals surface area contributed by atoms with E-state index >= 15 is 0 Å². The van der Waals surface area contributed by atoms with E-state index in [9.17, 15) is 0 Å². The topological polar surface area (TPSA) is 64.9 Å². The van der Waals surface area contributed by atoms with E-state index in [4.69, 9.17) is 14.7 Å². The van der Waals surface area contributed by atoms with Crippen LogP contribution in [0, 0.1) is 0 Å². The average Bonchev–Trinajstić information content (AvgIpc) is 3.16. The first-order valence-corrected chi connectivity index (χ1v) is 9.45. The Labute approximate surface area is 154 Å². The van der Waals surface area contributed by atoms with E-state index in [1.807, 2.05) is 35.2 Å². The molecule has 0 spiro atoms. The molecule has 0 bridgehead atoms. The van der Waals surface area contributed by atoms with Crippen molar-refractivity contribution in [2.45, 2.75) is 18.9 Å². The van der Waals surface area contributed by atoms with Crippen LogP contribution in [0.2, 0.25) is 0 Å². The molecule has 3 heterocycles. The van der Waals surface area contributed by atoms with Gasteiger partial charge in [-0.05, 0) is 48.6 Å². The number of hydrogen-bond donors (Lipinski definition) is 1. The Kier molecular flexibility index (Phi) is 3.60. The van der Waals surface area contributed by atoms with Gasteiger partial charge in [0, 0.05) is 17.0 Å². The minimum atomic E-state index is 0.489. The Morgan fingerprint density at radius 2 is 2.00 bits per heavy atom. The van der Waals surface area contributed by atoms with Crippen molar-refractivity contribution in [3.63, 3.8) is 0 Å². The number of benzene rings is 1. The van der Waals surface area contributed by atoms with Crippen LogP contribution < -0.4 is 10.1 Å². The van der Waals surface area contributed by atoms with Gasteiger partial charge >= 0.3 is 0 Å². The van der Waals surface area contributed by atoms with Crippen LogP contribution in [-0.4, -0.2) is 32.7 Å². The fraction of sp³-hybridized carbons (Fsp3) is 0.211. The van der Waals surface area contributed by atoms with Gasteiger partial charge in [0.2, 0.25) is 0 Å². The highest BCUT2D eigenvalue weighted by Gasteiger charge is 2.24. The zero-order valence-corrected chi connectivity index (χ0v) is 15.0. The molecule has 1 aliphatic rings. The smallest absolute Gasteiger partial charge is 0.170 e. The zero-order valence-electron chi connectivity index (χ0n) is 14.2. The monoisotopic (exact) mass is 363 g/mol. The molecule has 0 aliphatic heterocycles. The minimum absolute atomic E-state index is 0.489. The molecule has 1 fully saturated rings. The first-order valence-electron chi connectivity index (χ1n) is 8.50. The van der Waals surface area contributed by atoms with Gasteiger partial charge in [-0.1, -0.05) is 0 Å². The molecule has 7 heteroatoms. The summed E-state index contributed by atoms with van der Waals surface area (Å²) < 4.78 is 7.26. The maximum absolute atomic E-state index is 5.25. The minimum Gasteiger partial charge on any atom is -0.497 e. The van der Waals surface area contributed by atoms with Gasteiger partial charge in [0.1, 0.15) is 12.1 Å². The molecule has 1 aromatic carbocycles. The van der Waals surface area contributed by atoms with Crippen LogP contribution in [0.15, 0.2) is 47.4 Å². The number of ether oxygens (including phenoxy) is 1. The summed E-state index contributed by atoms with van der Waals surface area (Å²) in [5, 5.41) is 7.64. The zero-order chi connectivity index (χ0) is 17.5. The summed E-state index contributed by atoms with van der Waals surface area (Å²) in [5.74, 6) is 2.30. The van der Waals surface area contributed by atoms with E-state index in [0.29, 0.717) is 11.9 Å². The third-order valence-corrected chi connectivity index (χ3v) is 5.12. The van der Waals surface area contributed by atoms with Gasteiger partial charge in [0.15, 0.2) is 22.8 Å². The Morgan fingerprint density at radius 3 is 2.69 bits per heavy atom. The lowest BCUT2D eigenvalue weighted by atomic mass is 10.2. The summed E-state index contributed by atoms with van der Waals surface area (Å²) in [4.78, 5) is 14.2. The van der Waals surface area contributed by atoms with Crippen LogP contribution in [0.3, 0.4) is 0 Å². The van der Waals surface area contributed by atoms with Gasteiger partial charge in [0.05, 0.1) is 12.8 Å². The number of aromatic nitrogens is 4. The third kappa shape index (κ3) is 2.70. The molecule has 0 saturated heterocycles. The maximum atomic E-state index is 5.25. The lowest BCUT2D eigenvalue weighted by molar-refractivity contribution is 0.415. The molecule has 26 heavy (non-hydrogen) atoms. The van der Waals surface area contributed by atoms with Gasteiger partial charge in [-0.25, -0.2) is 15.0 Å². The van der Waals surface area contributed by atoms with E-state index < -0.39 is 0 Å². The molecule has 4 aromatic rings. The van der Waals surface area contributed by atoms with Crippen LogP contribution in [0.1, 0.15) is 12.8 Å². The Morgan fingerprint density at radius 1 is 1.15 bits per heavy atom. The normalized spacial score (nSPS) is 13.9. The standard InChI is InChI=1S/C19H17N5OS/c1-25-15-6-2-12(3-7-15)17-22-18(21-13-4-5-13)16-19(23-17)24(11-20-16)14-8-9-26-10-14/h2-3,6-11,13H,4-5H2,1H3,(H,21,22,23). The van der Waals surface area contributed by atoms with Crippen molar-refractivity contribution >= 4 is 28.3 Å². The molecule has 1 saturated carbocycles. The van der Waals surface area contributed by atoms with Crippen molar-refractivity contribution in [2.24, 2.45) is 0 Å². The number of nitrogens with zero attached hydrogens (tertiary/aromatic N) is 4. The molecule has 130 valence electrons. The first kappa shape index (κ1) is 15.3. The van der Waals surface area contributed by atoms with Gasteiger partial charge in [-0.3, -0.25) is 4.57 Å². The number of imidazole rings is 1. The van der Waals surface area contributed by atoms with Gasteiger partial charge in [-0.2, -0.15) is 11.3 Å². The van der Waals surface area contributed by atoms with E-state index in [2.05, 4.69) is 27.1 Å². The summed E-state index contributed by atoms with van der Waals surface area (Å²) in [6, 6.07) is 10.4. The molecular weight excluding hydrogens is 346 g/mol. The summed E-state index contributed by atoms with van der Waals surface area (Å²) in [6.07, 6.45) is 4.17. The van der Waals surface area contributed by atoms with Gasteiger partial charge in [-0.15, -0.1) is 0 Å². The van der Waals surface area contributed by atoms with Crippen molar-refractivity contribution in [3.05, 3.63) is 47.4 Å². The second-order valence-corrected chi connectivity index (χ2v) is 7.09. The summed E-state index contributed by atoms with van der Waals surface area (Å²) in [6.45, 7) is 0. The van der Waals surface area contributed by atoms with Crippen LogP contribution in [0.25, 0.3) is 28.2 Å². The highest BCUT2D eigenvalue weighted by atomic mass is 32.1.